The second-order valence-electron chi connectivity index (χ2n) is 2.14. The summed E-state index contributed by atoms with van der Waals surface area (Å²) in [6, 6.07) is 0. The standard InChI is InChI=1S/C7H11ClN2O2/c1-4-5(2)9-6(7(11)12)10(3)8/h2,4H2,1,3H3,(H,11,12)/b9-6-. The van der Waals surface area contributed by atoms with Crippen LogP contribution in [0.2, 0.25) is 0 Å². The number of carboxylic acids is 1. The summed E-state index contributed by atoms with van der Waals surface area (Å²) in [5.41, 5.74) is 0.486. The molecule has 0 aromatic heterocycles. The number of hydrogen-bond acceptors (Lipinski definition) is 2. The van der Waals surface area contributed by atoms with Gasteiger partial charge in [-0.25, -0.2) is 9.79 Å². The van der Waals surface area contributed by atoms with Crippen LogP contribution < -0.4 is 0 Å². The normalized spacial score (nSPS) is 11.1. The maximum atomic E-state index is 10.5. The van der Waals surface area contributed by atoms with E-state index < -0.39 is 5.97 Å². The largest absolute Gasteiger partial charge is 0.475 e. The fraction of sp³-hybridized carbons (Fsp3) is 0.429. The lowest BCUT2D eigenvalue weighted by atomic mass is 10.4. The lowest BCUT2D eigenvalue weighted by Gasteiger charge is -2.07. The van der Waals surface area contributed by atoms with Crippen LogP contribution in [0.5, 0.6) is 0 Å². The number of amidine groups is 1. The third-order valence-corrected chi connectivity index (χ3v) is 1.32. The van der Waals surface area contributed by atoms with Gasteiger partial charge < -0.3 is 5.11 Å². The molecule has 0 spiro atoms. The average Bonchev–Trinajstić information content (AvgIpc) is 1.98. The van der Waals surface area contributed by atoms with Gasteiger partial charge in [0.2, 0.25) is 5.84 Å². The van der Waals surface area contributed by atoms with Gasteiger partial charge >= 0.3 is 5.97 Å². The molecule has 0 aromatic carbocycles. The van der Waals surface area contributed by atoms with Crippen LogP contribution >= 0.6 is 11.8 Å². The van der Waals surface area contributed by atoms with Crippen LogP contribution in [0.3, 0.4) is 0 Å². The summed E-state index contributed by atoms with van der Waals surface area (Å²) in [7, 11) is 1.40. The number of nitrogens with zero attached hydrogens (tertiary/aromatic N) is 2. The Morgan fingerprint density at radius 2 is 2.25 bits per heavy atom. The molecule has 0 saturated heterocycles. The Hall–Kier alpha value is -1.03. The zero-order valence-corrected chi connectivity index (χ0v) is 7.80. The first-order valence-electron chi connectivity index (χ1n) is 3.38. The minimum absolute atomic E-state index is 0.219. The van der Waals surface area contributed by atoms with Crippen molar-refractivity contribution in [1.82, 2.24) is 4.42 Å². The molecule has 0 saturated carbocycles. The Labute approximate surface area is 76.3 Å². The molecule has 0 bridgehead atoms. The highest BCUT2D eigenvalue weighted by Crippen LogP contribution is 2.02. The summed E-state index contributed by atoms with van der Waals surface area (Å²) in [6.45, 7) is 5.37. The zero-order valence-electron chi connectivity index (χ0n) is 7.04. The molecule has 0 aliphatic rings. The van der Waals surface area contributed by atoms with Crippen LogP contribution in [0.15, 0.2) is 17.3 Å². The van der Waals surface area contributed by atoms with Crippen molar-refractivity contribution in [3.8, 4) is 0 Å². The van der Waals surface area contributed by atoms with Gasteiger partial charge in [0.1, 0.15) is 0 Å². The van der Waals surface area contributed by atoms with Crippen molar-refractivity contribution in [2.75, 3.05) is 7.05 Å². The number of hydrogen-bond donors (Lipinski definition) is 1. The Kier molecular flexibility index (Phi) is 4.36. The molecular formula is C7H11ClN2O2. The molecule has 0 unspecified atom stereocenters. The Balaban J connectivity index is 4.61. The SMILES string of the molecule is C=C(CC)/N=C(/C(=O)O)N(C)Cl. The molecule has 1 N–H and O–H groups in total. The van der Waals surface area contributed by atoms with Gasteiger partial charge in [0, 0.05) is 24.5 Å². The molecule has 12 heavy (non-hydrogen) atoms. The van der Waals surface area contributed by atoms with Crippen molar-refractivity contribution in [1.29, 1.82) is 0 Å². The number of allylic oxidation sites excluding steroid dienone is 1. The highest BCUT2D eigenvalue weighted by molar-refractivity contribution is 6.42. The summed E-state index contributed by atoms with van der Waals surface area (Å²) in [6.07, 6.45) is 0.599. The predicted octanol–water partition coefficient (Wildman–Crippen LogP) is 1.48. The zero-order chi connectivity index (χ0) is 9.72. The number of carbonyl (C=O) groups is 1. The topological polar surface area (TPSA) is 52.9 Å². The third-order valence-electron chi connectivity index (χ3n) is 1.16. The Morgan fingerprint density at radius 1 is 1.75 bits per heavy atom. The molecule has 0 aromatic rings. The Morgan fingerprint density at radius 3 is 2.50 bits per heavy atom. The van der Waals surface area contributed by atoms with E-state index in [1.165, 1.54) is 7.05 Å². The van der Waals surface area contributed by atoms with Crippen molar-refractivity contribution < 1.29 is 9.90 Å². The summed E-state index contributed by atoms with van der Waals surface area (Å²) < 4.78 is 0.920. The summed E-state index contributed by atoms with van der Waals surface area (Å²) in [4.78, 5) is 14.2. The van der Waals surface area contributed by atoms with E-state index in [2.05, 4.69) is 11.6 Å². The quantitative estimate of drug-likeness (QED) is 0.408. The summed E-state index contributed by atoms with van der Waals surface area (Å²) >= 11 is 5.42. The maximum absolute atomic E-state index is 10.5. The van der Waals surface area contributed by atoms with E-state index in [4.69, 9.17) is 16.9 Å². The number of carboxylic acid groups (broad SMARTS) is 1. The van der Waals surface area contributed by atoms with Gasteiger partial charge in [0.05, 0.1) is 0 Å². The van der Waals surface area contributed by atoms with E-state index >= 15 is 0 Å². The minimum atomic E-state index is -1.16. The van der Waals surface area contributed by atoms with Crippen molar-refractivity contribution in [2.24, 2.45) is 4.99 Å². The molecule has 5 heteroatoms. The van der Waals surface area contributed by atoms with Gasteiger partial charge in [-0.2, -0.15) is 0 Å². The van der Waals surface area contributed by atoms with E-state index in [9.17, 15) is 4.79 Å². The number of aliphatic imine (C=N–C) groups is 1. The highest BCUT2D eigenvalue weighted by Gasteiger charge is 2.12. The van der Waals surface area contributed by atoms with Gasteiger partial charge in [-0.3, -0.25) is 4.42 Å². The first-order chi connectivity index (χ1) is 5.49. The van der Waals surface area contributed by atoms with Crippen molar-refractivity contribution in [3.05, 3.63) is 12.3 Å². The van der Waals surface area contributed by atoms with Crippen LogP contribution in [0.25, 0.3) is 0 Å². The van der Waals surface area contributed by atoms with Crippen LogP contribution in [0.4, 0.5) is 0 Å². The smallest absolute Gasteiger partial charge is 0.373 e. The molecule has 4 nitrogen and oxygen atoms in total. The van der Waals surface area contributed by atoms with Gasteiger partial charge in [-0.05, 0) is 6.42 Å². The van der Waals surface area contributed by atoms with Gasteiger partial charge in [-0.15, -0.1) is 0 Å². The highest BCUT2D eigenvalue weighted by atomic mass is 35.5. The molecule has 0 aliphatic heterocycles. The summed E-state index contributed by atoms with van der Waals surface area (Å²) in [5, 5.41) is 8.59. The van der Waals surface area contributed by atoms with E-state index in [0.29, 0.717) is 12.1 Å². The average molecular weight is 191 g/mol. The van der Waals surface area contributed by atoms with E-state index in [1.807, 2.05) is 6.92 Å². The van der Waals surface area contributed by atoms with Gasteiger partial charge in [0.15, 0.2) is 0 Å². The lowest BCUT2D eigenvalue weighted by molar-refractivity contribution is -0.129. The summed E-state index contributed by atoms with van der Waals surface area (Å²) in [5.74, 6) is -1.38. The van der Waals surface area contributed by atoms with Crippen LogP contribution in [-0.2, 0) is 4.79 Å². The van der Waals surface area contributed by atoms with E-state index in [0.717, 1.165) is 4.42 Å². The monoisotopic (exact) mass is 190 g/mol. The van der Waals surface area contributed by atoms with E-state index in [1.54, 1.807) is 0 Å². The molecule has 0 rings (SSSR count). The van der Waals surface area contributed by atoms with Crippen LogP contribution in [0.1, 0.15) is 13.3 Å². The number of rotatable bonds is 2. The maximum Gasteiger partial charge on any atom is 0.373 e. The molecule has 0 atom stereocenters. The predicted molar refractivity (Wildman–Crippen MR) is 48.1 cm³/mol. The van der Waals surface area contributed by atoms with Crippen LogP contribution in [0, 0.1) is 0 Å². The molecule has 0 heterocycles. The molecule has 0 aliphatic carbocycles. The second-order valence-corrected chi connectivity index (χ2v) is 2.64. The van der Waals surface area contributed by atoms with Crippen molar-refractivity contribution in [2.45, 2.75) is 13.3 Å². The molecule has 0 radical (unpaired) electrons. The van der Waals surface area contributed by atoms with Crippen LogP contribution in [-0.4, -0.2) is 28.4 Å². The first kappa shape index (κ1) is 11.0. The van der Waals surface area contributed by atoms with Gasteiger partial charge in [0.25, 0.3) is 0 Å². The fourth-order valence-corrected chi connectivity index (χ4v) is 0.587. The fourth-order valence-electron chi connectivity index (χ4n) is 0.477. The van der Waals surface area contributed by atoms with Crippen molar-refractivity contribution >= 4 is 23.6 Å². The molecule has 0 fully saturated rings. The number of likely N-dealkylation sites (N-methyl/N-ethyl adjacent to an activating group) is 1. The Bertz CT molecular complexity index is 223. The third kappa shape index (κ3) is 3.39. The van der Waals surface area contributed by atoms with Crippen molar-refractivity contribution in [3.63, 3.8) is 0 Å². The minimum Gasteiger partial charge on any atom is -0.475 e. The molecule has 0 amide bonds. The number of aliphatic carboxylic acids is 1. The molecular weight excluding hydrogens is 180 g/mol. The number of halogens is 1. The first-order valence-corrected chi connectivity index (χ1v) is 3.72. The molecule has 68 valence electrons. The van der Waals surface area contributed by atoms with Gasteiger partial charge in [-0.1, -0.05) is 13.5 Å². The lowest BCUT2D eigenvalue weighted by Crippen LogP contribution is -2.26. The van der Waals surface area contributed by atoms with E-state index in [-0.39, 0.29) is 5.84 Å². The second kappa shape index (κ2) is 4.77.